The van der Waals surface area contributed by atoms with Crippen molar-refractivity contribution in [3.8, 4) is 0 Å². The highest BCUT2D eigenvalue weighted by Crippen LogP contribution is 2.21. The van der Waals surface area contributed by atoms with Gasteiger partial charge in [-0.3, -0.25) is 15.0 Å². The minimum atomic E-state index is -1.25. The van der Waals surface area contributed by atoms with E-state index in [9.17, 15) is 14.4 Å². The Morgan fingerprint density at radius 1 is 1.29 bits per heavy atom. The molecule has 1 aliphatic carbocycles. The Labute approximate surface area is 122 Å². The van der Waals surface area contributed by atoms with E-state index in [1.807, 2.05) is 18.2 Å². The molecule has 1 aromatic carbocycles. The molecule has 6 heteroatoms. The lowest BCUT2D eigenvalue weighted by Crippen LogP contribution is -2.48. The van der Waals surface area contributed by atoms with Crippen LogP contribution in [0.25, 0.3) is 0 Å². The zero-order valence-corrected chi connectivity index (χ0v) is 11.6. The van der Waals surface area contributed by atoms with Crippen molar-refractivity contribution < 1.29 is 19.5 Å². The van der Waals surface area contributed by atoms with Gasteiger partial charge in [-0.25, -0.2) is 9.80 Å². The van der Waals surface area contributed by atoms with Gasteiger partial charge < -0.3 is 5.11 Å². The average Bonchev–Trinajstić information content (AvgIpc) is 2.84. The first kappa shape index (κ1) is 15.0. The van der Waals surface area contributed by atoms with E-state index in [1.165, 1.54) is 0 Å². The number of ketones is 1. The summed E-state index contributed by atoms with van der Waals surface area (Å²) in [5.41, 5.74) is 3.16. The Morgan fingerprint density at radius 3 is 2.57 bits per heavy atom. The molecule has 1 atom stereocenters. The predicted molar refractivity (Wildman–Crippen MR) is 75.4 cm³/mol. The highest BCUT2D eigenvalue weighted by atomic mass is 16.4. The molecule has 1 saturated carbocycles. The summed E-state index contributed by atoms with van der Waals surface area (Å²) in [6, 6.07) is 9.07. The van der Waals surface area contributed by atoms with Crippen LogP contribution in [0.5, 0.6) is 0 Å². The molecule has 1 aromatic rings. The van der Waals surface area contributed by atoms with Crippen LogP contribution in [-0.2, 0) is 16.0 Å². The minimum Gasteiger partial charge on any atom is -0.464 e. The van der Waals surface area contributed by atoms with E-state index in [0.717, 1.165) is 17.0 Å². The molecule has 21 heavy (non-hydrogen) atoms. The fourth-order valence-corrected chi connectivity index (χ4v) is 2.44. The first-order chi connectivity index (χ1) is 10.1. The number of hydrazine groups is 1. The van der Waals surface area contributed by atoms with E-state index in [1.54, 1.807) is 12.1 Å². The molecule has 1 unspecified atom stereocenters. The quantitative estimate of drug-likeness (QED) is 0.825. The first-order valence-electron chi connectivity index (χ1n) is 6.93. The van der Waals surface area contributed by atoms with E-state index in [2.05, 4.69) is 5.43 Å². The maximum Gasteiger partial charge on any atom is 0.426 e. The van der Waals surface area contributed by atoms with E-state index >= 15 is 0 Å². The molecule has 0 radical (unpaired) electrons. The number of hydrogen-bond donors (Lipinski definition) is 2. The number of rotatable bonds is 4. The maximum absolute atomic E-state index is 11.9. The van der Waals surface area contributed by atoms with Crippen molar-refractivity contribution in [3.05, 3.63) is 35.9 Å². The van der Waals surface area contributed by atoms with Gasteiger partial charge in [0.2, 0.25) is 5.91 Å². The van der Waals surface area contributed by atoms with E-state index in [-0.39, 0.29) is 24.7 Å². The number of Topliss-reactive ketones (excluding diaryl/α,β-unsaturated/α-hetero) is 1. The van der Waals surface area contributed by atoms with Crippen LogP contribution in [0.3, 0.4) is 0 Å². The van der Waals surface area contributed by atoms with E-state index < -0.39 is 12.0 Å². The second kappa shape index (κ2) is 6.88. The Balaban J connectivity index is 1.91. The van der Waals surface area contributed by atoms with Crippen LogP contribution in [0, 0.1) is 5.92 Å². The van der Waals surface area contributed by atoms with Crippen molar-refractivity contribution >= 4 is 17.8 Å². The summed E-state index contributed by atoms with van der Waals surface area (Å²) in [7, 11) is 0. The molecule has 2 amide bonds. The minimum absolute atomic E-state index is 0.0225. The zero-order valence-electron chi connectivity index (χ0n) is 11.6. The SMILES string of the molecule is O=C(Cc1ccccc1)NN(CC1CCCC1=O)C(=O)O. The van der Waals surface area contributed by atoms with Gasteiger partial charge in [-0.15, -0.1) is 0 Å². The van der Waals surface area contributed by atoms with Crippen molar-refractivity contribution in [2.45, 2.75) is 25.7 Å². The first-order valence-corrected chi connectivity index (χ1v) is 6.93. The van der Waals surface area contributed by atoms with E-state index in [0.29, 0.717) is 12.8 Å². The van der Waals surface area contributed by atoms with Crippen molar-refractivity contribution in [2.75, 3.05) is 6.54 Å². The average molecular weight is 290 g/mol. The third-order valence-electron chi connectivity index (χ3n) is 3.53. The summed E-state index contributed by atoms with van der Waals surface area (Å²) < 4.78 is 0. The van der Waals surface area contributed by atoms with Crippen LogP contribution < -0.4 is 5.43 Å². The third kappa shape index (κ3) is 4.30. The van der Waals surface area contributed by atoms with Crippen LogP contribution in [0.2, 0.25) is 0 Å². The zero-order chi connectivity index (χ0) is 15.2. The number of carboxylic acid groups (broad SMARTS) is 1. The van der Waals surface area contributed by atoms with Crippen molar-refractivity contribution in [2.24, 2.45) is 5.92 Å². The number of nitrogens with zero attached hydrogens (tertiary/aromatic N) is 1. The Kier molecular flexibility index (Phi) is 4.92. The second-order valence-corrected chi connectivity index (χ2v) is 5.15. The normalized spacial score (nSPS) is 17.5. The standard InChI is InChI=1S/C15H18N2O4/c18-13-8-4-7-12(13)10-17(15(20)21)16-14(19)9-11-5-2-1-3-6-11/h1-3,5-6,12H,4,7-10H2,(H,16,19)(H,20,21). The highest BCUT2D eigenvalue weighted by Gasteiger charge is 2.29. The summed E-state index contributed by atoms with van der Waals surface area (Å²) in [4.78, 5) is 34.6. The number of amides is 2. The van der Waals surface area contributed by atoms with Gasteiger partial charge in [0, 0.05) is 12.3 Å². The molecule has 6 nitrogen and oxygen atoms in total. The number of nitrogens with one attached hydrogen (secondary N) is 1. The molecule has 0 aliphatic heterocycles. The fourth-order valence-electron chi connectivity index (χ4n) is 2.44. The molecule has 1 fully saturated rings. The molecule has 0 saturated heterocycles. The summed E-state index contributed by atoms with van der Waals surface area (Å²) in [6.07, 6.45) is 0.807. The summed E-state index contributed by atoms with van der Waals surface area (Å²) in [6.45, 7) is 0.0225. The molecule has 0 bridgehead atoms. The number of carbonyl (C=O) groups is 3. The Morgan fingerprint density at radius 2 is 2.00 bits per heavy atom. The lowest BCUT2D eigenvalue weighted by Gasteiger charge is -2.22. The van der Waals surface area contributed by atoms with Gasteiger partial charge in [-0.2, -0.15) is 0 Å². The number of carbonyl (C=O) groups excluding carboxylic acids is 2. The largest absolute Gasteiger partial charge is 0.464 e. The van der Waals surface area contributed by atoms with Crippen LogP contribution in [0.1, 0.15) is 24.8 Å². The topological polar surface area (TPSA) is 86.7 Å². The van der Waals surface area contributed by atoms with Gasteiger partial charge in [0.15, 0.2) is 0 Å². The lowest BCUT2D eigenvalue weighted by molar-refractivity contribution is -0.126. The second-order valence-electron chi connectivity index (χ2n) is 5.15. The van der Waals surface area contributed by atoms with Gasteiger partial charge in [0.05, 0.1) is 13.0 Å². The lowest BCUT2D eigenvalue weighted by atomic mass is 10.1. The van der Waals surface area contributed by atoms with Gasteiger partial charge in [0.25, 0.3) is 0 Å². The Bertz CT molecular complexity index is 530. The molecule has 112 valence electrons. The summed E-state index contributed by atoms with van der Waals surface area (Å²) in [5, 5.41) is 9.95. The Hall–Kier alpha value is -2.37. The molecular formula is C15H18N2O4. The fraction of sp³-hybridized carbons (Fsp3) is 0.400. The van der Waals surface area contributed by atoms with Crippen LogP contribution in [0.4, 0.5) is 4.79 Å². The molecule has 2 rings (SSSR count). The molecule has 2 N–H and O–H groups in total. The van der Waals surface area contributed by atoms with E-state index in [4.69, 9.17) is 5.11 Å². The molecular weight excluding hydrogens is 272 g/mol. The molecule has 0 aromatic heterocycles. The van der Waals surface area contributed by atoms with Crippen molar-refractivity contribution in [3.63, 3.8) is 0 Å². The van der Waals surface area contributed by atoms with Gasteiger partial charge in [0.1, 0.15) is 5.78 Å². The van der Waals surface area contributed by atoms with Crippen molar-refractivity contribution in [1.82, 2.24) is 10.4 Å². The third-order valence-corrected chi connectivity index (χ3v) is 3.53. The summed E-state index contributed by atoms with van der Waals surface area (Å²) >= 11 is 0. The van der Waals surface area contributed by atoms with Gasteiger partial charge in [-0.05, 0) is 18.4 Å². The van der Waals surface area contributed by atoms with Crippen LogP contribution in [0.15, 0.2) is 30.3 Å². The summed E-state index contributed by atoms with van der Waals surface area (Å²) in [5.74, 6) is -0.647. The predicted octanol–water partition coefficient (Wildman–Crippen LogP) is 1.61. The van der Waals surface area contributed by atoms with Crippen LogP contribution >= 0.6 is 0 Å². The smallest absolute Gasteiger partial charge is 0.426 e. The maximum atomic E-state index is 11.9. The monoisotopic (exact) mass is 290 g/mol. The van der Waals surface area contributed by atoms with Crippen molar-refractivity contribution in [1.29, 1.82) is 0 Å². The van der Waals surface area contributed by atoms with Gasteiger partial charge >= 0.3 is 6.09 Å². The van der Waals surface area contributed by atoms with Gasteiger partial charge in [-0.1, -0.05) is 30.3 Å². The molecule has 0 spiro atoms. The molecule has 0 heterocycles. The molecule has 1 aliphatic rings. The van der Waals surface area contributed by atoms with Crippen LogP contribution in [-0.4, -0.2) is 34.4 Å². The number of benzene rings is 1. The number of hydrogen-bond acceptors (Lipinski definition) is 3. The highest BCUT2D eigenvalue weighted by molar-refractivity contribution is 5.84.